The van der Waals surface area contributed by atoms with Crippen molar-refractivity contribution in [2.75, 3.05) is 6.54 Å². The van der Waals surface area contributed by atoms with Gasteiger partial charge in [-0.2, -0.15) is 0 Å². The lowest BCUT2D eigenvalue weighted by Crippen LogP contribution is -2.64. The minimum absolute atomic E-state index is 0.0437. The van der Waals surface area contributed by atoms with Crippen LogP contribution in [0, 0.1) is 35.0 Å². The van der Waals surface area contributed by atoms with Gasteiger partial charge in [0.2, 0.25) is 0 Å². The number of Topliss-reactive ketones (excluding diaryl/α,β-unsaturated/α-hetero) is 1. The number of ketones is 1. The molecule has 4 saturated carbocycles. The molecule has 13 atom stereocenters. The van der Waals surface area contributed by atoms with E-state index < -0.39 is 16.8 Å². The minimum Gasteiger partial charge on any atom is -0.393 e. The summed E-state index contributed by atoms with van der Waals surface area (Å²) >= 11 is 0. The van der Waals surface area contributed by atoms with Crippen molar-refractivity contribution in [1.29, 1.82) is 0 Å². The van der Waals surface area contributed by atoms with Gasteiger partial charge in [-0.15, -0.1) is 0 Å². The molecule has 0 amide bonds. The molecule has 6 nitrogen and oxygen atoms in total. The topological polar surface area (TPSA) is 91.3 Å². The van der Waals surface area contributed by atoms with Crippen LogP contribution in [0.25, 0.3) is 0 Å². The number of fused-ring (bicyclic) bond motifs is 6. The third kappa shape index (κ3) is 2.24. The first-order chi connectivity index (χ1) is 15.5. The Morgan fingerprint density at radius 1 is 1.09 bits per heavy atom. The third-order valence-electron chi connectivity index (χ3n) is 12.4. The van der Waals surface area contributed by atoms with E-state index in [1.54, 1.807) is 0 Å². The van der Waals surface area contributed by atoms with Crippen molar-refractivity contribution < 1.29 is 24.5 Å². The molecular weight excluding hydrogens is 418 g/mol. The van der Waals surface area contributed by atoms with Crippen LogP contribution in [0.15, 0.2) is 0 Å². The number of carbonyl (C=O) groups excluding carboxylic acids is 1. The highest BCUT2D eigenvalue weighted by Crippen LogP contribution is 2.79. The maximum atomic E-state index is 13.3. The van der Waals surface area contributed by atoms with E-state index in [4.69, 9.17) is 9.47 Å². The van der Waals surface area contributed by atoms with E-state index in [2.05, 4.69) is 33.0 Å². The standard InChI is InChI=1S/C27H41NO5/c1-14-9-21-22(28-13-14)15(2)26(32-21)8-7-25(31)17-11-20(30)18-10-16(29)5-6-23(18,3)19(17)12-27(25)24(26,4)33-27/h14-19,21-22,28-29,31H,5-13H2,1-4H3/t14-,15+,16-,17+,18+,19-,21+,22-,23-,24-,25-,26+,27+/m0/s1. The maximum Gasteiger partial charge on any atom is 0.137 e. The summed E-state index contributed by atoms with van der Waals surface area (Å²) in [4.78, 5) is 13.3. The Morgan fingerprint density at radius 3 is 2.67 bits per heavy atom. The van der Waals surface area contributed by atoms with Crippen LogP contribution in [-0.2, 0) is 14.3 Å². The number of epoxide rings is 1. The van der Waals surface area contributed by atoms with Gasteiger partial charge in [0.1, 0.15) is 28.2 Å². The van der Waals surface area contributed by atoms with Gasteiger partial charge in [-0.3, -0.25) is 4.79 Å². The van der Waals surface area contributed by atoms with Crippen LogP contribution < -0.4 is 5.32 Å². The Bertz CT molecular complexity index is 911. The molecule has 33 heavy (non-hydrogen) atoms. The minimum atomic E-state index is -0.963. The van der Waals surface area contributed by atoms with Gasteiger partial charge < -0.3 is 25.0 Å². The fourth-order valence-electron chi connectivity index (χ4n) is 10.6. The third-order valence-corrected chi connectivity index (χ3v) is 12.4. The predicted octanol–water partition coefficient (Wildman–Crippen LogP) is 2.59. The first kappa shape index (κ1) is 21.7. The normalized spacial score (nSPS) is 65.7. The molecule has 0 aromatic heterocycles. The van der Waals surface area contributed by atoms with Gasteiger partial charge in [0.25, 0.3) is 0 Å². The molecule has 0 radical (unpaired) electrons. The highest BCUT2D eigenvalue weighted by Gasteiger charge is 2.92. The molecule has 0 unspecified atom stereocenters. The molecule has 7 aliphatic rings. The van der Waals surface area contributed by atoms with E-state index in [1.165, 1.54) is 0 Å². The van der Waals surface area contributed by atoms with E-state index in [0.717, 1.165) is 38.6 Å². The van der Waals surface area contributed by atoms with Crippen molar-refractivity contribution in [3.05, 3.63) is 0 Å². The Labute approximate surface area is 197 Å². The monoisotopic (exact) mass is 459 g/mol. The summed E-state index contributed by atoms with van der Waals surface area (Å²) in [6.07, 6.45) is 5.81. The lowest BCUT2D eigenvalue weighted by atomic mass is 9.51. The maximum absolute atomic E-state index is 13.3. The Kier molecular flexibility index (Phi) is 4.10. The van der Waals surface area contributed by atoms with Crippen LogP contribution in [0.2, 0.25) is 0 Å². The van der Waals surface area contributed by atoms with E-state index in [0.29, 0.717) is 37.1 Å². The van der Waals surface area contributed by atoms with E-state index >= 15 is 0 Å². The van der Waals surface area contributed by atoms with Crippen LogP contribution in [-0.4, -0.2) is 63.2 Å². The SMILES string of the molecule is C[C@@H]1CN[C@H]2[C@@H](C)[C@@]3(CC[C@]4(O)[C@@H]5CC(=O)[C@H]6C[C@@H](O)CC[C@]6(C)[C@H]5C[C@]45O[C@]53C)O[C@@H]2C1. The Balaban J connectivity index is 1.27. The Hall–Kier alpha value is -0.530. The summed E-state index contributed by atoms with van der Waals surface area (Å²) in [6, 6.07) is 0.345. The highest BCUT2D eigenvalue weighted by molar-refractivity contribution is 5.84. The largest absolute Gasteiger partial charge is 0.393 e. The molecule has 3 N–H and O–H groups in total. The quantitative estimate of drug-likeness (QED) is 0.483. The van der Waals surface area contributed by atoms with Gasteiger partial charge in [0.15, 0.2) is 0 Å². The summed E-state index contributed by atoms with van der Waals surface area (Å²) in [5.74, 6) is 1.30. The second-order valence-electron chi connectivity index (χ2n) is 13.6. The summed E-state index contributed by atoms with van der Waals surface area (Å²) in [7, 11) is 0. The molecule has 2 spiro atoms. The van der Waals surface area contributed by atoms with Crippen LogP contribution >= 0.6 is 0 Å². The molecule has 0 aromatic carbocycles. The van der Waals surface area contributed by atoms with Crippen molar-refractivity contribution in [3.8, 4) is 0 Å². The summed E-state index contributed by atoms with van der Waals surface area (Å²) < 4.78 is 13.8. The zero-order valence-electron chi connectivity index (χ0n) is 20.6. The predicted molar refractivity (Wildman–Crippen MR) is 121 cm³/mol. The van der Waals surface area contributed by atoms with E-state index in [1.807, 2.05) is 0 Å². The van der Waals surface area contributed by atoms with Crippen LogP contribution in [0.1, 0.15) is 79.1 Å². The van der Waals surface area contributed by atoms with Crippen molar-refractivity contribution in [2.24, 2.45) is 35.0 Å². The van der Waals surface area contributed by atoms with E-state index in [-0.39, 0.29) is 46.8 Å². The number of rotatable bonds is 0. The molecule has 6 heteroatoms. The number of nitrogens with one attached hydrogen (secondary N) is 1. The highest BCUT2D eigenvalue weighted by atomic mass is 16.7. The molecule has 3 saturated heterocycles. The van der Waals surface area contributed by atoms with Crippen molar-refractivity contribution in [1.82, 2.24) is 5.32 Å². The van der Waals surface area contributed by atoms with Crippen LogP contribution in [0.3, 0.4) is 0 Å². The van der Waals surface area contributed by atoms with Gasteiger partial charge in [-0.1, -0.05) is 20.8 Å². The number of aliphatic hydroxyl groups is 2. The number of aliphatic hydroxyl groups excluding tert-OH is 1. The lowest BCUT2D eigenvalue weighted by Gasteiger charge is -2.54. The number of hydrogen-bond donors (Lipinski definition) is 3. The smallest absolute Gasteiger partial charge is 0.137 e. The molecule has 3 aliphatic heterocycles. The second-order valence-corrected chi connectivity index (χ2v) is 13.6. The second kappa shape index (κ2) is 6.23. The summed E-state index contributed by atoms with van der Waals surface area (Å²) in [6.45, 7) is 10.1. The number of carbonyl (C=O) groups is 1. The first-order valence-corrected chi connectivity index (χ1v) is 13.6. The number of piperidine rings is 1. The fourth-order valence-corrected chi connectivity index (χ4v) is 10.6. The van der Waals surface area contributed by atoms with Crippen LogP contribution in [0.5, 0.6) is 0 Å². The lowest BCUT2D eigenvalue weighted by molar-refractivity contribution is -0.166. The van der Waals surface area contributed by atoms with Crippen molar-refractivity contribution >= 4 is 5.78 Å². The van der Waals surface area contributed by atoms with Gasteiger partial charge in [-0.25, -0.2) is 0 Å². The molecule has 3 heterocycles. The molecule has 4 aliphatic carbocycles. The molecule has 0 aromatic rings. The van der Waals surface area contributed by atoms with Gasteiger partial charge >= 0.3 is 0 Å². The fraction of sp³-hybridized carbons (Fsp3) is 0.963. The Morgan fingerprint density at radius 2 is 1.88 bits per heavy atom. The van der Waals surface area contributed by atoms with Gasteiger partial charge in [0.05, 0.1) is 12.2 Å². The zero-order chi connectivity index (χ0) is 23.2. The molecule has 7 rings (SSSR count). The van der Waals surface area contributed by atoms with E-state index in [9.17, 15) is 15.0 Å². The summed E-state index contributed by atoms with van der Waals surface area (Å²) in [5.41, 5.74) is -2.64. The molecule has 0 bridgehead atoms. The number of hydrogen-bond acceptors (Lipinski definition) is 6. The molecule has 7 fully saturated rings. The molecular formula is C27H41NO5. The van der Waals surface area contributed by atoms with Crippen molar-refractivity contribution in [3.63, 3.8) is 0 Å². The molecule has 184 valence electrons. The average molecular weight is 460 g/mol. The number of ether oxygens (including phenoxy) is 2. The van der Waals surface area contributed by atoms with Crippen LogP contribution in [0.4, 0.5) is 0 Å². The first-order valence-electron chi connectivity index (χ1n) is 13.6. The van der Waals surface area contributed by atoms with Gasteiger partial charge in [0, 0.05) is 30.2 Å². The van der Waals surface area contributed by atoms with Gasteiger partial charge in [-0.05, 0) is 75.7 Å². The average Bonchev–Trinajstić information content (AvgIpc) is 3.20. The zero-order valence-corrected chi connectivity index (χ0v) is 20.6. The van der Waals surface area contributed by atoms with Crippen molar-refractivity contribution in [2.45, 2.75) is 120 Å². The summed E-state index contributed by atoms with van der Waals surface area (Å²) in [5, 5.41) is 26.5.